The molecule has 0 atom stereocenters. The van der Waals surface area contributed by atoms with Crippen molar-refractivity contribution in [3.05, 3.63) is 47.2 Å². The van der Waals surface area contributed by atoms with Crippen molar-refractivity contribution in [1.29, 1.82) is 0 Å². The van der Waals surface area contributed by atoms with E-state index < -0.39 is 0 Å². The van der Waals surface area contributed by atoms with E-state index in [9.17, 15) is 4.79 Å². The number of hydrogen-bond donors (Lipinski definition) is 1. The Morgan fingerprint density at radius 1 is 1.25 bits per heavy atom. The lowest BCUT2D eigenvalue weighted by Gasteiger charge is -2.26. The molecule has 1 aliphatic carbocycles. The Kier molecular flexibility index (Phi) is 4.26. The Labute approximate surface area is 164 Å². The molecule has 1 aromatic carbocycles. The van der Waals surface area contributed by atoms with Crippen molar-refractivity contribution in [2.75, 3.05) is 18.4 Å². The lowest BCUT2D eigenvalue weighted by Crippen LogP contribution is -2.34. The second kappa shape index (κ2) is 6.93. The summed E-state index contributed by atoms with van der Waals surface area (Å²) in [6.07, 6.45) is 7.41. The maximum Gasteiger partial charge on any atom is 0.219 e. The Hall–Kier alpha value is -2.89. The van der Waals surface area contributed by atoms with Crippen LogP contribution in [0.25, 0.3) is 5.57 Å². The molecule has 3 aliphatic rings. The van der Waals surface area contributed by atoms with Gasteiger partial charge in [0.25, 0.3) is 0 Å². The van der Waals surface area contributed by atoms with Gasteiger partial charge in [-0.05, 0) is 48.1 Å². The number of nitrogens with zero attached hydrogens (tertiary/aromatic N) is 4. The van der Waals surface area contributed by atoms with Crippen LogP contribution in [0.5, 0.6) is 0 Å². The van der Waals surface area contributed by atoms with E-state index >= 15 is 0 Å². The van der Waals surface area contributed by atoms with Crippen molar-refractivity contribution >= 4 is 29.2 Å². The molecule has 28 heavy (non-hydrogen) atoms. The van der Waals surface area contributed by atoms with E-state index in [4.69, 9.17) is 5.10 Å². The van der Waals surface area contributed by atoms with E-state index in [0.29, 0.717) is 6.54 Å². The van der Waals surface area contributed by atoms with Gasteiger partial charge in [0.1, 0.15) is 0 Å². The maximum absolute atomic E-state index is 11.9. The van der Waals surface area contributed by atoms with Crippen LogP contribution in [0.1, 0.15) is 36.6 Å². The quantitative estimate of drug-likeness (QED) is 0.871. The monoisotopic (exact) mass is 375 g/mol. The number of nitrogens with one attached hydrogen (secondary N) is 1. The molecule has 0 radical (unpaired) electrons. The van der Waals surface area contributed by atoms with Crippen LogP contribution in [-0.4, -0.2) is 39.9 Å². The van der Waals surface area contributed by atoms with Crippen LogP contribution in [0.3, 0.4) is 0 Å². The van der Waals surface area contributed by atoms with Gasteiger partial charge >= 0.3 is 0 Å². The van der Waals surface area contributed by atoms with Gasteiger partial charge in [-0.15, -0.1) is 0 Å². The van der Waals surface area contributed by atoms with Crippen LogP contribution in [0, 0.1) is 5.92 Å². The number of aromatic nitrogens is 2. The Morgan fingerprint density at radius 3 is 2.75 bits per heavy atom. The molecule has 2 aromatic rings. The summed E-state index contributed by atoms with van der Waals surface area (Å²) in [5.41, 5.74) is 5.92. The molecule has 1 saturated carbocycles. The summed E-state index contributed by atoms with van der Waals surface area (Å²) in [7, 11) is 0. The average molecular weight is 375 g/mol. The Morgan fingerprint density at radius 2 is 2.07 bits per heavy atom. The fourth-order valence-electron chi connectivity index (χ4n) is 3.99. The first-order valence-electron chi connectivity index (χ1n) is 10.1. The highest BCUT2D eigenvalue weighted by Crippen LogP contribution is 2.34. The molecule has 0 unspecified atom stereocenters. The third kappa shape index (κ3) is 3.35. The Bertz CT molecular complexity index is 966. The minimum absolute atomic E-state index is 0.128. The highest BCUT2D eigenvalue weighted by atomic mass is 16.2. The van der Waals surface area contributed by atoms with Crippen LogP contribution >= 0.6 is 0 Å². The standard InChI is InChI=1S/C22H25N5O/c1-15(28)26-11-9-21-20(14-26)22(25-27(21)13-16-2-3-16)24-19-6-4-17(5-7-19)18-8-10-23-12-18/h4-8,10,16H,2-3,9,11-14H2,1H3,(H,24,25). The number of allylic oxidation sites excluding steroid dienone is 1. The van der Waals surface area contributed by atoms with E-state index in [1.54, 1.807) is 6.92 Å². The number of hydrogen-bond acceptors (Lipinski definition) is 4. The van der Waals surface area contributed by atoms with E-state index in [2.05, 4.69) is 45.3 Å². The molecule has 2 aliphatic heterocycles. The first kappa shape index (κ1) is 17.2. The smallest absolute Gasteiger partial charge is 0.219 e. The molecule has 5 rings (SSSR count). The minimum atomic E-state index is 0.128. The minimum Gasteiger partial charge on any atom is -0.338 e. The molecule has 1 N–H and O–H groups in total. The average Bonchev–Trinajstić information content (AvgIpc) is 3.23. The van der Waals surface area contributed by atoms with Gasteiger partial charge in [-0.25, -0.2) is 0 Å². The van der Waals surface area contributed by atoms with E-state index in [0.717, 1.165) is 49.0 Å². The van der Waals surface area contributed by atoms with Crippen LogP contribution in [0.4, 0.5) is 11.5 Å². The number of fused-ring (bicyclic) bond motifs is 1. The number of carbonyl (C=O) groups excluding carboxylic acids is 1. The van der Waals surface area contributed by atoms with Gasteiger partial charge in [-0.1, -0.05) is 12.1 Å². The van der Waals surface area contributed by atoms with E-state index in [1.807, 2.05) is 11.1 Å². The summed E-state index contributed by atoms with van der Waals surface area (Å²) in [5, 5.41) is 8.40. The van der Waals surface area contributed by atoms with Gasteiger partial charge in [0, 0.05) is 49.6 Å². The molecule has 6 nitrogen and oxygen atoms in total. The highest BCUT2D eigenvalue weighted by molar-refractivity contribution is 5.89. The van der Waals surface area contributed by atoms with Crippen molar-refractivity contribution in [2.45, 2.75) is 39.3 Å². The summed E-state index contributed by atoms with van der Waals surface area (Å²) >= 11 is 0. The fourth-order valence-corrected chi connectivity index (χ4v) is 3.99. The zero-order valence-electron chi connectivity index (χ0n) is 16.2. The fraction of sp³-hybridized carbons (Fsp3) is 0.409. The molecule has 1 amide bonds. The number of carbonyl (C=O) groups is 1. The number of anilines is 2. The summed E-state index contributed by atoms with van der Waals surface area (Å²) in [4.78, 5) is 18.1. The van der Waals surface area contributed by atoms with Crippen molar-refractivity contribution in [1.82, 2.24) is 14.7 Å². The summed E-state index contributed by atoms with van der Waals surface area (Å²) in [5.74, 6) is 1.78. The van der Waals surface area contributed by atoms with Crippen LogP contribution in [0.15, 0.2) is 35.3 Å². The maximum atomic E-state index is 11.9. The molecule has 0 saturated heterocycles. The number of aliphatic imine (C=N–C) groups is 1. The van der Waals surface area contributed by atoms with Crippen LogP contribution < -0.4 is 5.32 Å². The molecule has 1 fully saturated rings. The number of benzene rings is 1. The predicted molar refractivity (Wildman–Crippen MR) is 111 cm³/mol. The van der Waals surface area contributed by atoms with Gasteiger partial charge in [-0.3, -0.25) is 14.5 Å². The topological polar surface area (TPSA) is 62.5 Å². The second-order valence-electron chi connectivity index (χ2n) is 7.97. The zero-order valence-corrected chi connectivity index (χ0v) is 16.2. The molecule has 144 valence electrons. The lowest BCUT2D eigenvalue weighted by molar-refractivity contribution is -0.129. The van der Waals surface area contributed by atoms with E-state index in [-0.39, 0.29) is 5.91 Å². The largest absolute Gasteiger partial charge is 0.338 e. The normalized spacial score (nSPS) is 18.2. The van der Waals surface area contributed by atoms with Gasteiger partial charge in [0.2, 0.25) is 5.91 Å². The molecule has 0 bridgehead atoms. The third-order valence-corrected chi connectivity index (χ3v) is 5.87. The molecule has 3 heterocycles. The molecule has 0 spiro atoms. The summed E-state index contributed by atoms with van der Waals surface area (Å²) in [6.45, 7) is 4.82. The molecule has 1 aromatic heterocycles. The lowest BCUT2D eigenvalue weighted by atomic mass is 10.1. The van der Waals surface area contributed by atoms with Crippen molar-refractivity contribution in [2.24, 2.45) is 10.9 Å². The van der Waals surface area contributed by atoms with Crippen LogP contribution in [0.2, 0.25) is 0 Å². The predicted octanol–water partition coefficient (Wildman–Crippen LogP) is 3.41. The van der Waals surface area contributed by atoms with Gasteiger partial charge in [0.05, 0.1) is 13.1 Å². The van der Waals surface area contributed by atoms with Crippen LogP contribution in [-0.2, 0) is 24.3 Å². The third-order valence-electron chi connectivity index (χ3n) is 5.87. The number of rotatable bonds is 5. The van der Waals surface area contributed by atoms with E-state index in [1.165, 1.54) is 29.7 Å². The number of amides is 1. The van der Waals surface area contributed by atoms with Crippen molar-refractivity contribution in [3.63, 3.8) is 0 Å². The highest BCUT2D eigenvalue weighted by Gasteiger charge is 2.29. The molecular weight excluding hydrogens is 350 g/mol. The van der Waals surface area contributed by atoms with Gasteiger partial charge in [-0.2, -0.15) is 5.10 Å². The summed E-state index contributed by atoms with van der Waals surface area (Å²) < 4.78 is 2.18. The second-order valence-corrected chi connectivity index (χ2v) is 7.97. The summed E-state index contributed by atoms with van der Waals surface area (Å²) in [6, 6.07) is 8.43. The zero-order chi connectivity index (χ0) is 19.1. The SMILES string of the molecule is CC(=O)N1CCc2c(c(Nc3ccc(C4=CC=NC4)cc3)nn2CC2CC2)C1. The first-order chi connectivity index (χ1) is 13.7. The molecular formula is C22H25N5O. The van der Waals surface area contributed by atoms with Gasteiger partial charge < -0.3 is 10.2 Å². The Balaban J connectivity index is 1.40. The molecule has 6 heteroatoms. The van der Waals surface area contributed by atoms with Crippen molar-refractivity contribution in [3.8, 4) is 0 Å². The van der Waals surface area contributed by atoms with Crippen molar-refractivity contribution < 1.29 is 4.79 Å². The first-order valence-corrected chi connectivity index (χ1v) is 10.1. The van der Waals surface area contributed by atoms with Gasteiger partial charge in [0.15, 0.2) is 5.82 Å².